The Morgan fingerprint density at radius 3 is 2.34 bits per heavy atom. The molecule has 0 atom stereocenters. The molecule has 6 nitrogen and oxygen atoms in total. The number of hydrogen-bond donors (Lipinski definition) is 1. The maximum atomic E-state index is 14.5. The first-order valence-corrected chi connectivity index (χ1v) is 10.3. The van der Waals surface area contributed by atoms with Crippen LogP contribution in [0, 0.1) is 12.7 Å². The lowest BCUT2D eigenvalue weighted by atomic mass is 10.1. The van der Waals surface area contributed by atoms with E-state index in [0.717, 1.165) is 5.56 Å². The third-order valence-corrected chi connectivity index (χ3v) is 4.73. The predicted octanol–water partition coefficient (Wildman–Crippen LogP) is 5.42. The van der Waals surface area contributed by atoms with Crippen molar-refractivity contribution < 1.29 is 13.9 Å². The first-order chi connectivity index (χ1) is 15.4. The van der Waals surface area contributed by atoms with Crippen LogP contribution in [-0.4, -0.2) is 26.8 Å². The zero-order valence-electron chi connectivity index (χ0n) is 18.0. The van der Waals surface area contributed by atoms with Crippen molar-refractivity contribution in [3.63, 3.8) is 0 Å². The number of nitrogens with zero attached hydrogens (tertiary/aromatic N) is 3. The van der Waals surface area contributed by atoms with Gasteiger partial charge in [-0.05, 0) is 69.3 Å². The van der Waals surface area contributed by atoms with Crippen molar-refractivity contribution in [2.24, 2.45) is 0 Å². The highest BCUT2D eigenvalue weighted by molar-refractivity contribution is 6.04. The molecule has 4 aromatic rings. The lowest BCUT2D eigenvalue weighted by Crippen LogP contribution is -2.11. The summed E-state index contributed by atoms with van der Waals surface area (Å²) in [5.41, 5.74) is 3.27. The van der Waals surface area contributed by atoms with Gasteiger partial charge in [-0.25, -0.2) is 9.07 Å². The molecule has 0 saturated carbocycles. The van der Waals surface area contributed by atoms with Gasteiger partial charge in [-0.2, -0.15) is 4.98 Å². The smallest absolute Gasteiger partial charge is 0.336 e. The Morgan fingerprint density at radius 2 is 1.69 bits per heavy atom. The first-order valence-electron chi connectivity index (χ1n) is 10.3. The highest BCUT2D eigenvalue weighted by atomic mass is 19.1. The molecule has 1 amide bonds. The van der Waals surface area contributed by atoms with Crippen molar-refractivity contribution in [3.05, 3.63) is 89.7 Å². The molecule has 0 aliphatic rings. The Morgan fingerprint density at radius 1 is 1.00 bits per heavy atom. The number of aryl methyl sites for hydroxylation is 1. The Kier molecular flexibility index (Phi) is 5.98. The molecule has 4 rings (SSSR count). The number of anilines is 1. The van der Waals surface area contributed by atoms with E-state index < -0.39 is 5.82 Å². The number of amides is 1. The van der Waals surface area contributed by atoms with Gasteiger partial charge in [-0.3, -0.25) is 4.79 Å². The minimum absolute atomic E-state index is 0.126. The third kappa shape index (κ3) is 4.67. The zero-order chi connectivity index (χ0) is 22.7. The maximum Gasteiger partial charge on any atom is 0.336 e. The number of rotatable bonds is 6. The minimum atomic E-state index is -0.403. The normalized spacial score (nSPS) is 10.9. The summed E-state index contributed by atoms with van der Waals surface area (Å²) in [5.74, 6) is -0.271. The topological polar surface area (TPSA) is 69.0 Å². The standard InChI is InChI=1S/C25H23FN4O2/c1-16(2)32-25-28-23(21-6-4-5-7-22(21)26)30(29-25)20-14-12-19(13-15-20)27-24(31)18-10-8-17(3)9-11-18/h4-16H,1-3H3,(H,27,31). The largest absolute Gasteiger partial charge is 0.460 e. The van der Waals surface area contributed by atoms with Crippen LogP contribution in [0.2, 0.25) is 0 Å². The number of carbonyl (C=O) groups excluding carboxylic acids is 1. The van der Waals surface area contributed by atoms with Gasteiger partial charge in [0.15, 0.2) is 5.82 Å². The SMILES string of the molecule is Cc1ccc(C(=O)Nc2ccc(-n3nc(OC(C)C)nc3-c3ccccc3F)cc2)cc1. The van der Waals surface area contributed by atoms with E-state index in [1.807, 2.05) is 32.9 Å². The number of nitrogens with one attached hydrogen (secondary N) is 1. The summed E-state index contributed by atoms with van der Waals surface area (Å²) in [4.78, 5) is 16.9. The van der Waals surface area contributed by atoms with Gasteiger partial charge in [0.05, 0.1) is 17.4 Å². The van der Waals surface area contributed by atoms with Gasteiger partial charge in [0.1, 0.15) is 5.82 Å². The molecule has 0 fully saturated rings. The predicted molar refractivity (Wildman–Crippen MR) is 122 cm³/mol. The summed E-state index contributed by atoms with van der Waals surface area (Å²) in [5, 5.41) is 7.29. The Balaban J connectivity index is 1.63. The summed E-state index contributed by atoms with van der Waals surface area (Å²) in [6, 6.07) is 21.0. The van der Waals surface area contributed by atoms with Crippen molar-refractivity contribution in [2.45, 2.75) is 26.9 Å². The Hall–Kier alpha value is -4.00. The third-order valence-electron chi connectivity index (χ3n) is 4.73. The molecule has 7 heteroatoms. The summed E-state index contributed by atoms with van der Waals surface area (Å²) in [7, 11) is 0. The molecule has 0 aliphatic heterocycles. The van der Waals surface area contributed by atoms with E-state index in [1.165, 1.54) is 10.7 Å². The Labute approximate surface area is 185 Å². The molecule has 32 heavy (non-hydrogen) atoms. The van der Waals surface area contributed by atoms with Crippen molar-refractivity contribution in [1.82, 2.24) is 14.8 Å². The number of hydrogen-bond acceptors (Lipinski definition) is 4. The van der Waals surface area contributed by atoms with Crippen LogP contribution in [-0.2, 0) is 0 Å². The second-order valence-corrected chi connectivity index (χ2v) is 7.64. The van der Waals surface area contributed by atoms with Crippen molar-refractivity contribution in [3.8, 4) is 23.1 Å². The molecule has 3 aromatic carbocycles. The van der Waals surface area contributed by atoms with Gasteiger partial charge >= 0.3 is 6.01 Å². The van der Waals surface area contributed by atoms with E-state index in [0.29, 0.717) is 28.3 Å². The second-order valence-electron chi connectivity index (χ2n) is 7.64. The molecular weight excluding hydrogens is 407 g/mol. The summed E-state index contributed by atoms with van der Waals surface area (Å²) >= 11 is 0. The lowest BCUT2D eigenvalue weighted by molar-refractivity contribution is 0.102. The van der Waals surface area contributed by atoms with E-state index in [2.05, 4.69) is 15.4 Å². The first kappa shape index (κ1) is 21.2. The molecule has 0 spiro atoms. The number of benzene rings is 3. The fourth-order valence-electron chi connectivity index (χ4n) is 3.15. The van der Waals surface area contributed by atoms with Crippen LogP contribution in [0.4, 0.5) is 10.1 Å². The van der Waals surface area contributed by atoms with Gasteiger partial charge in [-0.15, -0.1) is 5.10 Å². The second kappa shape index (κ2) is 9.01. The number of carbonyl (C=O) groups is 1. The fourth-order valence-corrected chi connectivity index (χ4v) is 3.15. The maximum absolute atomic E-state index is 14.5. The van der Waals surface area contributed by atoms with Gasteiger partial charge in [-0.1, -0.05) is 29.8 Å². The molecule has 1 N–H and O–H groups in total. The Bertz CT molecular complexity index is 1230. The van der Waals surface area contributed by atoms with Crippen LogP contribution < -0.4 is 10.1 Å². The lowest BCUT2D eigenvalue weighted by Gasteiger charge is -2.09. The number of halogens is 1. The molecule has 162 valence electrons. The molecule has 0 aliphatic carbocycles. The fraction of sp³-hybridized carbons (Fsp3) is 0.160. The molecule has 1 heterocycles. The van der Waals surface area contributed by atoms with Crippen LogP contribution >= 0.6 is 0 Å². The summed E-state index contributed by atoms with van der Waals surface area (Å²) in [6.07, 6.45) is -0.126. The molecule has 1 aromatic heterocycles. The summed E-state index contributed by atoms with van der Waals surface area (Å²) < 4.78 is 21.6. The summed E-state index contributed by atoms with van der Waals surface area (Å²) in [6.45, 7) is 5.71. The highest BCUT2D eigenvalue weighted by Gasteiger charge is 2.18. The number of ether oxygens (including phenoxy) is 1. The molecule has 0 bridgehead atoms. The van der Waals surface area contributed by atoms with Crippen LogP contribution in [0.5, 0.6) is 6.01 Å². The van der Waals surface area contributed by atoms with Crippen LogP contribution in [0.25, 0.3) is 17.1 Å². The van der Waals surface area contributed by atoms with E-state index in [4.69, 9.17) is 4.74 Å². The zero-order valence-corrected chi connectivity index (χ0v) is 18.0. The molecule has 0 saturated heterocycles. The van der Waals surface area contributed by atoms with E-state index in [-0.39, 0.29) is 18.0 Å². The van der Waals surface area contributed by atoms with Crippen LogP contribution in [0.3, 0.4) is 0 Å². The average Bonchev–Trinajstić information content (AvgIpc) is 3.17. The van der Waals surface area contributed by atoms with Crippen LogP contribution in [0.15, 0.2) is 72.8 Å². The minimum Gasteiger partial charge on any atom is -0.460 e. The van der Waals surface area contributed by atoms with Gasteiger partial charge in [0.25, 0.3) is 5.91 Å². The monoisotopic (exact) mass is 430 g/mol. The number of aromatic nitrogens is 3. The molecular formula is C25H23FN4O2. The van der Waals surface area contributed by atoms with Gasteiger partial charge < -0.3 is 10.1 Å². The molecule has 0 radical (unpaired) electrons. The van der Waals surface area contributed by atoms with Crippen molar-refractivity contribution >= 4 is 11.6 Å². The van der Waals surface area contributed by atoms with Gasteiger partial charge in [0, 0.05) is 11.3 Å². The van der Waals surface area contributed by atoms with Crippen LogP contribution in [0.1, 0.15) is 29.8 Å². The quantitative estimate of drug-likeness (QED) is 0.443. The van der Waals surface area contributed by atoms with Crippen molar-refractivity contribution in [2.75, 3.05) is 5.32 Å². The average molecular weight is 430 g/mol. The van der Waals surface area contributed by atoms with Crippen molar-refractivity contribution in [1.29, 1.82) is 0 Å². The van der Waals surface area contributed by atoms with E-state index in [1.54, 1.807) is 54.6 Å². The molecule has 0 unspecified atom stereocenters. The van der Waals surface area contributed by atoms with E-state index in [9.17, 15) is 9.18 Å². The van der Waals surface area contributed by atoms with Gasteiger partial charge in [0.2, 0.25) is 0 Å². The highest BCUT2D eigenvalue weighted by Crippen LogP contribution is 2.26. The van der Waals surface area contributed by atoms with E-state index >= 15 is 0 Å².